The molecule has 1 aromatic carbocycles. The third-order valence-corrected chi connectivity index (χ3v) is 3.38. The second kappa shape index (κ2) is 5.27. The first-order valence-electron chi connectivity index (χ1n) is 6.43. The lowest BCUT2D eigenvalue weighted by molar-refractivity contribution is 0.0611. The van der Waals surface area contributed by atoms with Crippen LogP contribution in [0.25, 0.3) is 0 Å². The van der Waals surface area contributed by atoms with Crippen molar-refractivity contribution in [2.75, 3.05) is 0 Å². The van der Waals surface area contributed by atoms with Gasteiger partial charge in [-0.2, -0.15) is 0 Å². The molecule has 0 spiro atoms. The van der Waals surface area contributed by atoms with Crippen LogP contribution in [0.2, 0.25) is 0 Å². The molecule has 4 heteroatoms. The van der Waals surface area contributed by atoms with Crippen LogP contribution < -0.4 is 0 Å². The number of aromatic nitrogens is 3. The van der Waals surface area contributed by atoms with E-state index in [4.69, 9.17) is 0 Å². The van der Waals surface area contributed by atoms with Gasteiger partial charge in [0.25, 0.3) is 0 Å². The third-order valence-electron chi connectivity index (χ3n) is 3.38. The van der Waals surface area contributed by atoms with E-state index in [1.807, 2.05) is 53.2 Å². The van der Waals surface area contributed by atoms with Gasteiger partial charge in [-0.25, -0.2) is 4.98 Å². The largest absolute Gasteiger partial charge is 0.378 e. The summed E-state index contributed by atoms with van der Waals surface area (Å²) in [7, 11) is 0. The minimum atomic E-state index is -1.11. The van der Waals surface area contributed by atoms with Crippen molar-refractivity contribution in [3.8, 4) is 0 Å². The predicted octanol–water partition coefficient (Wildman–Crippen LogP) is 2.21. The third kappa shape index (κ3) is 2.33. The van der Waals surface area contributed by atoms with Gasteiger partial charge >= 0.3 is 0 Å². The Morgan fingerprint density at radius 1 is 0.900 bits per heavy atom. The van der Waals surface area contributed by atoms with Gasteiger partial charge in [0, 0.05) is 24.8 Å². The summed E-state index contributed by atoms with van der Waals surface area (Å²) in [6, 6.07) is 13.3. The number of benzene rings is 1. The zero-order chi connectivity index (χ0) is 13.8. The Morgan fingerprint density at radius 3 is 2.25 bits per heavy atom. The minimum Gasteiger partial charge on any atom is -0.378 e. The van der Waals surface area contributed by atoms with E-state index in [2.05, 4.69) is 9.97 Å². The molecule has 0 aliphatic rings. The van der Waals surface area contributed by atoms with Crippen LogP contribution in [-0.4, -0.2) is 19.6 Å². The number of hydrogen-bond acceptors (Lipinski definition) is 3. The standard InChI is InChI=1S/C16H15N3O/c20-16(12-19-11-10-18-13-19,14-4-2-1-3-5-14)15-6-8-17-9-7-15/h1-11,13,20H,12H2/t16-/m0/s1. The van der Waals surface area contributed by atoms with Crippen LogP contribution in [0.3, 0.4) is 0 Å². The Labute approximate surface area is 117 Å². The fraction of sp³-hybridized carbons (Fsp3) is 0.125. The van der Waals surface area contributed by atoms with Crippen molar-refractivity contribution < 1.29 is 5.11 Å². The summed E-state index contributed by atoms with van der Waals surface area (Å²) in [6.07, 6.45) is 8.64. The Morgan fingerprint density at radius 2 is 1.60 bits per heavy atom. The lowest BCUT2D eigenvalue weighted by Gasteiger charge is -2.29. The molecule has 0 fully saturated rings. The maximum absolute atomic E-state index is 11.2. The van der Waals surface area contributed by atoms with Gasteiger partial charge in [0.05, 0.1) is 12.9 Å². The molecular weight excluding hydrogens is 250 g/mol. The fourth-order valence-electron chi connectivity index (χ4n) is 2.34. The molecule has 0 aliphatic carbocycles. The SMILES string of the molecule is O[C@@](Cn1ccnc1)(c1ccccc1)c1ccncc1. The molecule has 2 aromatic heterocycles. The van der Waals surface area contributed by atoms with Crippen molar-refractivity contribution in [1.82, 2.24) is 14.5 Å². The maximum atomic E-state index is 11.2. The molecule has 3 rings (SSSR count). The molecule has 3 aromatic rings. The molecular formula is C16H15N3O. The molecule has 0 amide bonds. The quantitative estimate of drug-likeness (QED) is 0.787. The van der Waals surface area contributed by atoms with Crippen molar-refractivity contribution in [3.05, 3.63) is 84.7 Å². The molecule has 0 aliphatic heterocycles. The normalized spacial score (nSPS) is 13.8. The van der Waals surface area contributed by atoms with Gasteiger partial charge < -0.3 is 9.67 Å². The Bertz CT molecular complexity index is 611. The smallest absolute Gasteiger partial charge is 0.133 e. The summed E-state index contributed by atoms with van der Waals surface area (Å²) in [5.74, 6) is 0. The van der Waals surface area contributed by atoms with Crippen LogP contribution in [0, 0.1) is 0 Å². The lowest BCUT2D eigenvalue weighted by Crippen LogP contribution is -2.32. The van der Waals surface area contributed by atoms with Crippen molar-refractivity contribution in [2.24, 2.45) is 0 Å². The van der Waals surface area contributed by atoms with Crippen molar-refractivity contribution >= 4 is 0 Å². The molecule has 100 valence electrons. The second-order valence-corrected chi connectivity index (χ2v) is 4.70. The van der Waals surface area contributed by atoms with Gasteiger partial charge in [0.2, 0.25) is 0 Å². The van der Waals surface area contributed by atoms with E-state index in [-0.39, 0.29) is 0 Å². The first-order valence-corrected chi connectivity index (χ1v) is 6.43. The van der Waals surface area contributed by atoms with Gasteiger partial charge in [-0.1, -0.05) is 30.3 Å². The monoisotopic (exact) mass is 265 g/mol. The van der Waals surface area contributed by atoms with E-state index < -0.39 is 5.60 Å². The summed E-state index contributed by atoms with van der Waals surface area (Å²) in [5, 5.41) is 11.2. The second-order valence-electron chi connectivity index (χ2n) is 4.70. The van der Waals surface area contributed by atoms with Crippen molar-refractivity contribution in [2.45, 2.75) is 12.1 Å². The lowest BCUT2D eigenvalue weighted by atomic mass is 9.87. The highest BCUT2D eigenvalue weighted by Crippen LogP contribution is 2.30. The summed E-state index contributed by atoms with van der Waals surface area (Å²) >= 11 is 0. The Balaban J connectivity index is 2.08. The van der Waals surface area contributed by atoms with Crippen LogP contribution in [0.4, 0.5) is 0 Å². The molecule has 4 nitrogen and oxygen atoms in total. The molecule has 1 N–H and O–H groups in total. The summed E-state index contributed by atoms with van der Waals surface area (Å²) in [6.45, 7) is 0.404. The first kappa shape index (κ1) is 12.6. The number of rotatable bonds is 4. The number of imidazole rings is 1. The van der Waals surface area contributed by atoms with Gasteiger partial charge in [0.15, 0.2) is 0 Å². The minimum absolute atomic E-state index is 0.404. The van der Waals surface area contributed by atoms with Gasteiger partial charge in [-0.05, 0) is 23.3 Å². The number of nitrogens with zero attached hydrogens (tertiary/aromatic N) is 3. The van der Waals surface area contributed by atoms with Crippen LogP contribution in [0.5, 0.6) is 0 Å². The van der Waals surface area contributed by atoms with E-state index in [1.165, 1.54) is 0 Å². The number of aliphatic hydroxyl groups is 1. The highest BCUT2D eigenvalue weighted by Gasteiger charge is 2.31. The molecule has 20 heavy (non-hydrogen) atoms. The Hall–Kier alpha value is -2.46. The fourth-order valence-corrected chi connectivity index (χ4v) is 2.34. The number of pyridine rings is 1. The Kier molecular flexibility index (Phi) is 3.31. The maximum Gasteiger partial charge on any atom is 0.133 e. The first-order chi connectivity index (χ1) is 9.79. The molecule has 0 saturated carbocycles. The molecule has 1 atom stereocenters. The summed E-state index contributed by atoms with van der Waals surface area (Å²) < 4.78 is 1.87. The average Bonchev–Trinajstić information content (AvgIpc) is 3.02. The van der Waals surface area contributed by atoms with E-state index in [1.54, 1.807) is 24.9 Å². The molecule has 2 heterocycles. The van der Waals surface area contributed by atoms with E-state index in [0.717, 1.165) is 11.1 Å². The molecule has 0 saturated heterocycles. The number of hydrogen-bond donors (Lipinski definition) is 1. The topological polar surface area (TPSA) is 50.9 Å². The van der Waals surface area contributed by atoms with Crippen LogP contribution in [0.1, 0.15) is 11.1 Å². The van der Waals surface area contributed by atoms with Gasteiger partial charge in [-0.3, -0.25) is 4.98 Å². The van der Waals surface area contributed by atoms with Gasteiger partial charge in [-0.15, -0.1) is 0 Å². The highest BCUT2D eigenvalue weighted by molar-refractivity contribution is 5.34. The van der Waals surface area contributed by atoms with Crippen LogP contribution >= 0.6 is 0 Å². The van der Waals surface area contributed by atoms with Gasteiger partial charge in [0.1, 0.15) is 5.60 Å². The average molecular weight is 265 g/mol. The molecule has 0 radical (unpaired) electrons. The molecule has 0 unspecified atom stereocenters. The van der Waals surface area contributed by atoms with Crippen molar-refractivity contribution in [3.63, 3.8) is 0 Å². The zero-order valence-electron chi connectivity index (χ0n) is 10.9. The van der Waals surface area contributed by atoms with E-state index >= 15 is 0 Å². The van der Waals surface area contributed by atoms with Crippen molar-refractivity contribution in [1.29, 1.82) is 0 Å². The van der Waals surface area contributed by atoms with Crippen LogP contribution in [0.15, 0.2) is 73.6 Å². The van der Waals surface area contributed by atoms with E-state index in [9.17, 15) is 5.11 Å². The van der Waals surface area contributed by atoms with Crippen LogP contribution in [-0.2, 0) is 12.1 Å². The summed E-state index contributed by atoms with van der Waals surface area (Å²) in [4.78, 5) is 8.05. The molecule has 0 bridgehead atoms. The zero-order valence-corrected chi connectivity index (χ0v) is 10.9. The van der Waals surface area contributed by atoms with E-state index in [0.29, 0.717) is 6.54 Å². The predicted molar refractivity (Wildman–Crippen MR) is 75.9 cm³/mol. The summed E-state index contributed by atoms with van der Waals surface area (Å²) in [5.41, 5.74) is 0.553. The highest BCUT2D eigenvalue weighted by atomic mass is 16.3.